The van der Waals surface area contributed by atoms with Crippen LogP contribution in [0.25, 0.3) is 11.1 Å². The van der Waals surface area contributed by atoms with Gasteiger partial charge in [0, 0.05) is 30.2 Å². The molecule has 0 bridgehead atoms. The summed E-state index contributed by atoms with van der Waals surface area (Å²) in [5.74, 6) is 1.23. The van der Waals surface area contributed by atoms with Crippen LogP contribution < -0.4 is 10.5 Å². The van der Waals surface area contributed by atoms with Gasteiger partial charge >= 0.3 is 5.97 Å². The molecule has 0 aromatic heterocycles. The van der Waals surface area contributed by atoms with Gasteiger partial charge in [-0.25, -0.2) is 0 Å². The number of amidine groups is 1. The van der Waals surface area contributed by atoms with Crippen LogP contribution in [0, 0.1) is 11.3 Å². The number of nitrogen functional groups attached to an aromatic ring is 1. The van der Waals surface area contributed by atoms with E-state index >= 15 is 0 Å². The Morgan fingerprint density at radius 1 is 1.05 bits per heavy atom. The van der Waals surface area contributed by atoms with E-state index in [4.69, 9.17) is 20.6 Å². The smallest absolute Gasteiger partial charge is 0.306 e. The fraction of sp³-hybridized carbons (Fsp3) is 0.407. The van der Waals surface area contributed by atoms with Crippen LogP contribution >= 0.6 is 11.8 Å². The average Bonchev–Trinajstić information content (AvgIpc) is 3.21. The number of rotatable bonds is 9. The van der Waals surface area contributed by atoms with Crippen molar-refractivity contribution in [2.24, 2.45) is 11.7 Å². The molecule has 9 nitrogen and oxygen atoms in total. The Bertz CT molecular complexity index is 1130. The lowest BCUT2D eigenvalue weighted by atomic mass is 10.0. The number of esters is 1. The first kappa shape index (κ1) is 26.5. The van der Waals surface area contributed by atoms with E-state index in [1.165, 1.54) is 7.11 Å². The number of methoxy groups -OCH3 is 1. The van der Waals surface area contributed by atoms with Crippen LogP contribution in [0.5, 0.6) is 5.75 Å². The van der Waals surface area contributed by atoms with Crippen molar-refractivity contribution in [1.82, 2.24) is 9.80 Å². The van der Waals surface area contributed by atoms with Crippen molar-refractivity contribution < 1.29 is 23.9 Å². The number of carbonyl (C=O) groups excluding carboxylic acids is 3. The number of nitrogens with two attached hydrogens (primary N) is 1. The average molecular weight is 525 g/mol. The highest BCUT2D eigenvalue weighted by Crippen LogP contribution is 2.29. The number of carbonyl (C=O) groups is 3. The maximum Gasteiger partial charge on any atom is 0.306 e. The number of nitrogens with one attached hydrogen (secondary N) is 1. The monoisotopic (exact) mass is 524 g/mol. The van der Waals surface area contributed by atoms with Crippen molar-refractivity contribution in [2.75, 3.05) is 44.9 Å². The first-order valence-electron chi connectivity index (χ1n) is 12.3. The van der Waals surface area contributed by atoms with Gasteiger partial charge < -0.3 is 25.0 Å². The Morgan fingerprint density at radius 2 is 1.68 bits per heavy atom. The van der Waals surface area contributed by atoms with Crippen LogP contribution in [-0.4, -0.2) is 84.3 Å². The maximum absolute atomic E-state index is 13.1. The molecule has 3 N–H and O–H groups in total. The molecule has 2 amide bonds. The van der Waals surface area contributed by atoms with Gasteiger partial charge in [-0.2, -0.15) is 11.8 Å². The minimum absolute atomic E-state index is 0.00596. The molecule has 0 saturated carbocycles. The van der Waals surface area contributed by atoms with Crippen molar-refractivity contribution in [3.63, 3.8) is 0 Å². The van der Waals surface area contributed by atoms with E-state index in [1.54, 1.807) is 9.80 Å². The molecule has 2 aromatic carbocycles. The second kappa shape index (κ2) is 12.1. The molecule has 2 aliphatic heterocycles. The molecular weight excluding hydrogens is 492 g/mol. The highest BCUT2D eigenvalue weighted by atomic mass is 32.2. The zero-order valence-corrected chi connectivity index (χ0v) is 21.7. The van der Waals surface area contributed by atoms with Crippen LogP contribution in [0.4, 0.5) is 0 Å². The Kier molecular flexibility index (Phi) is 8.70. The third kappa shape index (κ3) is 6.62. The third-order valence-electron chi connectivity index (χ3n) is 6.77. The highest BCUT2D eigenvalue weighted by molar-refractivity contribution is 7.99. The predicted octanol–water partition coefficient (Wildman–Crippen LogP) is 2.37. The zero-order chi connectivity index (χ0) is 26.4. The van der Waals surface area contributed by atoms with Crippen molar-refractivity contribution in [2.45, 2.75) is 18.9 Å². The second-order valence-electron chi connectivity index (χ2n) is 9.15. The maximum atomic E-state index is 13.1. The molecule has 2 heterocycles. The Labute approximate surface area is 220 Å². The lowest BCUT2D eigenvalue weighted by Gasteiger charge is -2.30. The van der Waals surface area contributed by atoms with Gasteiger partial charge in [0.25, 0.3) is 0 Å². The summed E-state index contributed by atoms with van der Waals surface area (Å²) in [7, 11) is 1.30. The fourth-order valence-electron chi connectivity index (χ4n) is 4.63. The van der Waals surface area contributed by atoms with Gasteiger partial charge in [0.15, 0.2) is 0 Å². The van der Waals surface area contributed by atoms with Crippen LogP contribution in [0.2, 0.25) is 0 Å². The quantitative estimate of drug-likeness (QED) is 0.293. The Hall–Kier alpha value is -3.53. The minimum atomic E-state index is -0.522. The second-order valence-corrected chi connectivity index (χ2v) is 10.4. The largest absolute Gasteiger partial charge is 0.491 e. The van der Waals surface area contributed by atoms with E-state index < -0.39 is 11.9 Å². The van der Waals surface area contributed by atoms with Crippen LogP contribution in [-0.2, 0) is 19.1 Å². The van der Waals surface area contributed by atoms with E-state index in [1.807, 2.05) is 60.3 Å². The summed E-state index contributed by atoms with van der Waals surface area (Å²) in [6.07, 6.45) is 0.422. The van der Waals surface area contributed by atoms with Gasteiger partial charge in [-0.05, 0) is 29.7 Å². The first-order valence-corrected chi connectivity index (χ1v) is 13.4. The molecule has 0 unspecified atom stereocenters. The number of likely N-dealkylation sites (tertiary alicyclic amines) is 1. The molecule has 2 atom stereocenters. The summed E-state index contributed by atoms with van der Waals surface area (Å²) in [5.41, 5.74) is 8.18. The zero-order valence-electron chi connectivity index (χ0n) is 20.9. The molecule has 0 radical (unpaired) electrons. The molecule has 196 valence electrons. The summed E-state index contributed by atoms with van der Waals surface area (Å²) in [6, 6.07) is 14.7. The van der Waals surface area contributed by atoms with Crippen molar-refractivity contribution >= 4 is 35.4 Å². The molecule has 10 heteroatoms. The third-order valence-corrected chi connectivity index (χ3v) is 7.71. The number of benzene rings is 2. The molecule has 0 spiro atoms. The number of hydrogen-bond acceptors (Lipinski definition) is 7. The normalized spacial score (nSPS) is 19.5. The Balaban J connectivity index is 1.41. The summed E-state index contributed by atoms with van der Waals surface area (Å²) in [4.78, 5) is 41.3. The lowest BCUT2D eigenvalue weighted by Crippen LogP contribution is -2.47. The summed E-state index contributed by atoms with van der Waals surface area (Å²) < 4.78 is 10.8. The number of ether oxygens (including phenoxy) is 2. The molecule has 0 aliphatic carbocycles. The number of thioether (sulfide) groups is 1. The van der Waals surface area contributed by atoms with E-state index in [0.29, 0.717) is 30.8 Å². The molecule has 2 fully saturated rings. The molecule has 4 rings (SSSR count). The van der Waals surface area contributed by atoms with Crippen LogP contribution in [0.1, 0.15) is 18.4 Å². The van der Waals surface area contributed by atoms with Crippen molar-refractivity contribution in [3.05, 3.63) is 54.1 Å². The SMILES string of the molecule is COC(=O)C[C@@H]1C[C@@H](COc2ccc(-c3ccc(C(=N)N)cc3)cc2)N(CC(=O)N2CCSCC2)C1=O. The molecule has 37 heavy (non-hydrogen) atoms. The van der Waals surface area contributed by atoms with Gasteiger partial charge in [-0.1, -0.05) is 36.4 Å². The first-order chi connectivity index (χ1) is 17.9. The van der Waals surface area contributed by atoms with Crippen molar-refractivity contribution in [1.29, 1.82) is 5.41 Å². The summed E-state index contributed by atoms with van der Waals surface area (Å²) in [6.45, 7) is 1.58. The van der Waals surface area contributed by atoms with Gasteiger partial charge in [0.1, 0.15) is 24.7 Å². The van der Waals surface area contributed by atoms with E-state index in [-0.39, 0.29) is 43.3 Å². The summed E-state index contributed by atoms with van der Waals surface area (Å²) in [5, 5.41) is 7.52. The van der Waals surface area contributed by atoms with Gasteiger partial charge in [-0.3, -0.25) is 19.8 Å². The standard InChI is InChI=1S/C27H32N4O5S/c1-35-25(33)15-21-14-22(31(27(21)34)16-24(32)30-10-12-37-13-11-30)17-36-23-8-6-19(7-9-23)18-2-4-20(5-3-18)26(28)29/h2-9,21-22H,10-17H2,1H3,(H3,28,29)/t21-,22-/m0/s1. The van der Waals surface area contributed by atoms with E-state index in [0.717, 1.165) is 22.6 Å². The van der Waals surface area contributed by atoms with E-state index in [2.05, 4.69) is 0 Å². The minimum Gasteiger partial charge on any atom is -0.491 e. The summed E-state index contributed by atoms with van der Waals surface area (Å²) >= 11 is 1.82. The topological polar surface area (TPSA) is 126 Å². The van der Waals surface area contributed by atoms with Crippen LogP contribution in [0.15, 0.2) is 48.5 Å². The van der Waals surface area contributed by atoms with E-state index in [9.17, 15) is 14.4 Å². The van der Waals surface area contributed by atoms with Crippen molar-refractivity contribution in [3.8, 4) is 16.9 Å². The number of amides is 2. The molecule has 2 aliphatic rings. The number of hydrogen-bond donors (Lipinski definition) is 2. The van der Waals surface area contributed by atoms with Gasteiger partial charge in [-0.15, -0.1) is 0 Å². The molecular formula is C27H32N4O5S. The lowest BCUT2D eigenvalue weighted by molar-refractivity contribution is -0.146. The number of nitrogens with zero attached hydrogens (tertiary/aromatic N) is 2. The highest BCUT2D eigenvalue weighted by Gasteiger charge is 2.42. The predicted molar refractivity (Wildman–Crippen MR) is 143 cm³/mol. The van der Waals surface area contributed by atoms with Crippen LogP contribution in [0.3, 0.4) is 0 Å². The molecule has 2 aromatic rings. The van der Waals surface area contributed by atoms with Gasteiger partial charge in [0.2, 0.25) is 11.8 Å². The Morgan fingerprint density at radius 3 is 2.27 bits per heavy atom. The van der Waals surface area contributed by atoms with Gasteiger partial charge in [0.05, 0.1) is 25.5 Å². The fourth-order valence-corrected chi connectivity index (χ4v) is 5.53. The molecule has 2 saturated heterocycles.